The molecule has 0 radical (unpaired) electrons. The molecule has 2 fully saturated rings. The highest BCUT2D eigenvalue weighted by atomic mass is 15.2. The molecule has 0 aromatic heterocycles. The van der Waals surface area contributed by atoms with Gasteiger partial charge in [0.15, 0.2) is 0 Å². The maximum atomic E-state index is 3.66. The van der Waals surface area contributed by atoms with Gasteiger partial charge in [0.25, 0.3) is 0 Å². The highest BCUT2D eigenvalue weighted by Gasteiger charge is 2.30. The monoisotopic (exact) mass is 224 g/mol. The maximum absolute atomic E-state index is 3.66. The Hall–Kier alpha value is -0.0800. The Labute approximate surface area is 101 Å². The number of hydrogen-bond donors (Lipinski definition) is 1. The van der Waals surface area contributed by atoms with Crippen LogP contribution < -0.4 is 5.32 Å². The first-order valence-corrected chi connectivity index (χ1v) is 7.25. The fourth-order valence-electron chi connectivity index (χ4n) is 3.64. The summed E-state index contributed by atoms with van der Waals surface area (Å²) in [6.45, 7) is 4.86. The summed E-state index contributed by atoms with van der Waals surface area (Å²) < 4.78 is 0. The van der Waals surface area contributed by atoms with Gasteiger partial charge in [0.2, 0.25) is 0 Å². The normalized spacial score (nSPS) is 35.8. The van der Waals surface area contributed by atoms with Gasteiger partial charge >= 0.3 is 0 Å². The van der Waals surface area contributed by atoms with E-state index in [0.717, 1.165) is 18.0 Å². The SMILES string of the molecule is CCC1CCCC1N(C)CC1CCCCN1. The topological polar surface area (TPSA) is 15.3 Å². The van der Waals surface area contributed by atoms with E-state index in [0.29, 0.717) is 0 Å². The Morgan fingerprint density at radius 1 is 1.12 bits per heavy atom. The zero-order valence-corrected chi connectivity index (χ0v) is 11.0. The van der Waals surface area contributed by atoms with Gasteiger partial charge in [-0.25, -0.2) is 0 Å². The predicted molar refractivity (Wildman–Crippen MR) is 69.7 cm³/mol. The van der Waals surface area contributed by atoms with Gasteiger partial charge in [-0.15, -0.1) is 0 Å². The van der Waals surface area contributed by atoms with E-state index in [4.69, 9.17) is 0 Å². The lowest BCUT2D eigenvalue weighted by molar-refractivity contribution is 0.167. The van der Waals surface area contributed by atoms with Crippen LogP contribution in [0.1, 0.15) is 51.9 Å². The van der Waals surface area contributed by atoms with Crippen LogP contribution in [0.25, 0.3) is 0 Å². The van der Waals surface area contributed by atoms with Gasteiger partial charge in [0.1, 0.15) is 0 Å². The molecule has 0 amide bonds. The molecule has 2 aliphatic rings. The summed E-state index contributed by atoms with van der Waals surface area (Å²) in [5.74, 6) is 0.966. The summed E-state index contributed by atoms with van der Waals surface area (Å²) >= 11 is 0. The molecule has 2 heteroatoms. The Morgan fingerprint density at radius 2 is 2.00 bits per heavy atom. The van der Waals surface area contributed by atoms with Crippen LogP contribution in [0.5, 0.6) is 0 Å². The first-order chi connectivity index (χ1) is 7.81. The minimum atomic E-state index is 0.761. The molecular formula is C14H28N2. The van der Waals surface area contributed by atoms with Crippen molar-refractivity contribution in [2.45, 2.75) is 64.0 Å². The lowest BCUT2D eigenvalue weighted by atomic mass is 9.98. The molecule has 2 nitrogen and oxygen atoms in total. The van der Waals surface area contributed by atoms with Gasteiger partial charge in [0.05, 0.1) is 0 Å². The molecule has 2 rings (SSSR count). The number of likely N-dealkylation sites (N-methyl/N-ethyl adjacent to an activating group) is 1. The molecule has 1 N–H and O–H groups in total. The minimum absolute atomic E-state index is 0.761. The van der Waals surface area contributed by atoms with Gasteiger partial charge in [-0.2, -0.15) is 0 Å². The van der Waals surface area contributed by atoms with Crippen LogP contribution in [0, 0.1) is 5.92 Å². The first kappa shape index (κ1) is 12.4. The molecule has 1 aliphatic carbocycles. The molecule has 1 aliphatic heterocycles. The van der Waals surface area contributed by atoms with Crippen LogP contribution >= 0.6 is 0 Å². The molecule has 1 saturated carbocycles. The fourth-order valence-corrected chi connectivity index (χ4v) is 3.64. The van der Waals surface area contributed by atoms with E-state index in [1.165, 1.54) is 58.0 Å². The largest absolute Gasteiger partial charge is 0.313 e. The van der Waals surface area contributed by atoms with Crippen LogP contribution in [0.2, 0.25) is 0 Å². The number of piperidine rings is 1. The zero-order valence-electron chi connectivity index (χ0n) is 11.0. The highest BCUT2D eigenvalue weighted by Crippen LogP contribution is 2.31. The zero-order chi connectivity index (χ0) is 11.4. The number of hydrogen-bond acceptors (Lipinski definition) is 2. The second-order valence-corrected chi connectivity index (χ2v) is 5.75. The summed E-state index contributed by atoms with van der Waals surface area (Å²) in [4.78, 5) is 2.64. The predicted octanol–water partition coefficient (Wildman–Crippen LogP) is 2.64. The average molecular weight is 224 g/mol. The summed E-state index contributed by atoms with van der Waals surface area (Å²) in [7, 11) is 2.34. The first-order valence-electron chi connectivity index (χ1n) is 7.25. The van der Waals surface area contributed by atoms with E-state index < -0.39 is 0 Å². The molecule has 0 aromatic rings. The second-order valence-electron chi connectivity index (χ2n) is 5.75. The van der Waals surface area contributed by atoms with Crippen molar-refractivity contribution in [3.8, 4) is 0 Å². The van der Waals surface area contributed by atoms with Crippen LogP contribution in [0.3, 0.4) is 0 Å². The van der Waals surface area contributed by atoms with Gasteiger partial charge in [-0.3, -0.25) is 0 Å². The minimum Gasteiger partial charge on any atom is -0.313 e. The van der Waals surface area contributed by atoms with Crippen LogP contribution in [-0.2, 0) is 0 Å². The average Bonchev–Trinajstić information content (AvgIpc) is 2.78. The number of nitrogens with one attached hydrogen (secondary N) is 1. The maximum Gasteiger partial charge on any atom is 0.0195 e. The van der Waals surface area contributed by atoms with Crippen LogP contribution in [0.15, 0.2) is 0 Å². The highest BCUT2D eigenvalue weighted by molar-refractivity contribution is 4.86. The number of rotatable bonds is 4. The lowest BCUT2D eigenvalue weighted by Gasteiger charge is -2.34. The van der Waals surface area contributed by atoms with Crippen LogP contribution in [0.4, 0.5) is 0 Å². The molecule has 16 heavy (non-hydrogen) atoms. The second kappa shape index (κ2) is 6.02. The third-order valence-corrected chi connectivity index (χ3v) is 4.63. The van der Waals surface area contributed by atoms with Gasteiger partial charge in [-0.05, 0) is 45.2 Å². The van der Waals surface area contributed by atoms with E-state index >= 15 is 0 Å². The van der Waals surface area contributed by atoms with Crippen molar-refractivity contribution in [3.63, 3.8) is 0 Å². The van der Waals surface area contributed by atoms with Gasteiger partial charge < -0.3 is 10.2 Å². The Bertz CT molecular complexity index is 199. The summed E-state index contributed by atoms with van der Waals surface area (Å²) in [5.41, 5.74) is 0. The fraction of sp³-hybridized carbons (Fsp3) is 1.00. The molecule has 0 aromatic carbocycles. The van der Waals surface area contributed by atoms with E-state index in [-0.39, 0.29) is 0 Å². The third kappa shape index (κ3) is 2.98. The number of nitrogens with zero attached hydrogens (tertiary/aromatic N) is 1. The summed E-state index contributed by atoms with van der Waals surface area (Å²) in [6, 6.07) is 1.63. The van der Waals surface area contributed by atoms with E-state index in [2.05, 4.69) is 24.2 Å². The molecule has 3 atom stereocenters. The van der Waals surface area contributed by atoms with Crippen molar-refractivity contribution in [1.82, 2.24) is 10.2 Å². The van der Waals surface area contributed by atoms with E-state index in [1.807, 2.05) is 0 Å². The molecule has 1 saturated heterocycles. The molecule has 94 valence electrons. The Kier molecular flexibility index (Phi) is 4.66. The lowest BCUT2D eigenvalue weighted by Crippen LogP contribution is -2.46. The van der Waals surface area contributed by atoms with Gasteiger partial charge in [-0.1, -0.05) is 26.2 Å². The van der Waals surface area contributed by atoms with Crippen molar-refractivity contribution < 1.29 is 0 Å². The molecule has 1 heterocycles. The quantitative estimate of drug-likeness (QED) is 0.790. The molecule has 3 unspecified atom stereocenters. The standard InChI is InChI=1S/C14H28N2/c1-3-12-7-6-9-14(12)16(2)11-13-8-4-5-10-15-13/h12-15H,3-11H2,1-2H3. The van der Waals surface area contributed by atoms with Crippen molar-refractivity contribution in [2.24, 2.45) is 5.92 Å². The summed E-state index contributed by atoms with van der Waals surface area (Å²) in [5, 5.41) is 3.66. The van der Waals surface area contributed by atoms with Crippen LogP contribution in [-0.4, -0.2) is 37.1 Å². The molecular weight excluding hydrogens is 196 g/mol. The van der Waals surface area contributed by atoms with E-state index in [9.17, 15) is 0 Å². The van der Waals surface area contributed by atoms with Crippen molar-refractivity contribution in [1.29, 1.82) is 0 Å². The smallest absolute Gasteiger partial charge is 0.0195 e. The summed E-state index contributed by atoms with van der Waals surface area (Å²) in [6.07, 6.45) is 9.90. The molecule has 0 spiro atoms. The van der Waals surface area contributed by atoms with Crippen molar-refractivity contribution >= 4 is 0 Å². The third-order valence-electron chi connectivity index (χ3n) is 4.63. The van der Waals surface area contributed by atoms with Crippen molar-refractivity contribution in [2.75, 3.05) is 20.1 Å². The van der Waals surface area contributed by atoms with Gasteiger partial charge in [0, 0.05) is 18.6 Å². The Balaban J connectivity index is 1.79. The molecule has 0 bridgehead atoms. The Morgan fingerprint density at radius 3 is 2.69 bits per heavy atom. The van der Waals surface area contributed by atoms with Crippen molar-refractivity contribution in [3.05, 3.63) is 0 Å². The van der Waals surface area contributed by atoms with E-state index in [1.54, 1.807) is 0 Å².